The van der Waals surface area contributed by atoms with Crippen LogP contribution in [0.2, 0.25) is 0 Å². The number of aromatic amines is 1. The summed E-state index contributed by atoms with van der Waals surface area (Å²) in [6.07, 6.45) is 1.53. The predicted molar refractivity (Wildman–Crippen MR) is 116 cm³/mol. The molecule has 8 nitrogen and oxygen atoms in total. The van der Waals surface area contributed by atoms with E-state index in [1.165, 1.54) is 42.6 Å². The van der Waals surface area contributed by atoms with Crippen molar-refractivity contribution in [3.63, 3.8) is 0 Å². The number of aromatic nitrogens is 3. The van der Waals surface area contributed by atoms with Crippen LogP contribution in [-0.2, 0) is 13.1 Å². The van der Waals surface area contributed by atoms with Gasteiger partial charge in [-0.15, -0.1) is 0 Å². The number of carbonyl (C=O) groups excluding carboxylic acids is 1. The number of H-pyrrole nitrogens is 1. The molecule has 4 aromatic rings. The molecule has 1 amide bonds. The second-order valence-corrected chi connectivity index (χ2v) is 6.95. The summed E-state index contributed by atoms with van der Waals surface area (Å²) in [6, 6.07) is 13.6. The zero-order valence-electron chi connectivity index (χ0n) is 17.1. The molecule has 2 N–H and O–H groups in total. The van der Waals surface area contributed by atoms with Gasteiger partial charge in [0.25, 0.3) is 11.5 Å². The standard InChI is InChI=1S/C23H19FN4O4/c1-2-28-22(30)18-9-8-14(11-19(18)27-23(28)31)20(29)26-13-15-5-4-10-25-21(15)32-17-7-3-6-16(24)12-17/h3-12H,2,13H2,1H3,(H,26,29)(H,27,31). The minimum Gasteiger partial charge on any atom is -0.439 e. The second-order valence-electron chi connectivity index (χ2n) is 6.95. The number of nitrogens with zero attached hydrogens (tertiary/aromatic N) is 2. The Hall–Kier alpha value is -4.27. The second kappa shape index (κ2) is 8.84. The quantitative estimate of drug-likeness (QED) is 0.485. The van der Waals surface area contributed by atoms with Gasteiger partial charge < -0.3 is 15.0 Å². The number of hydrogen-bond acceptors (Lipinski definition) is 5. The van der Waals surface area contributed by atoms with Gasteiger partial charge in [0.05, 0.1) is 10.9 Å². The van der Waals surface area contributed by atoms with Crippen molar-refractivity contribution in [2.45, 2.75) is 20.0 Å². The lowest BCUT2D eigenvalue weighted by molar-refractivity contribution is 0.0951. The molecule has 0 spiro atoms. The fourth-order valence-corrected chi connectivity index (χ4v) is 3.25. The van der Waals surface area contributed by atoms with E-state index in [1.807, 2.05) is 0 Å². The average Bonchev–Trinajstić information content (AvgIpc) is 2.78. The van der Waals surface area contributed by atoms with Gasteiger partial charge in [-0.05, 0) is 43.3 Å². The molecular weight excluding hydrogens is 415 g/mol. The van der Waals surface area contributed by atoms with Crippen molar-refractivity contribution in [3.05, 3.63) is 98.6 Å². The number of halogens is 1. The summed E-state index contributed by atoms with van der Waals surface area (Å²) < 4.78 is 20.2. The molecule has 2 aromatic heterocycles. The Kier molecular flexibility index (Phi) is 5.80. The zero-order valence-corrected chi connectivity index (χ0v) is 17.1. The van der Waals surface area contributed by atoms with Gasteiger partial charge >= 0.3 is 5.69 Å². The largest absolute Gasteiger partial charge is 0.439 e. The third-order valence-electron chi connectivity index (χ3n) is 4.86. The van der Waals surface area contributed by atoms with Crippen molar-refractivity contribution in [2.75, 3.05) is 0 Å². The van der Waals surface area contributed by atoms with Gasteiger partial charge in [0.15, 0.2) is 0 Å². The maximum atomic E-state index is 13.4. The predicted octanol–water partition coefficient (Wildman–Crippen LogP) is 2.97. The highest BCUT2D eigenvalue weighted by Crippen LogP contribution is 2.23. The Morgan fingerprint density at radius 3 is 2.78 bits per heavy atom. The average molecular weight is 434 g/mol. The third kappa shape index (κ3) is 4.27. The minimum atomic E-state index is -0.531. The minimum absolute atomic E-state index is 0.101. The van der Waals surface area contributed by atoms with E-state index in [2.05, 4.69) is 15.3 Å². The van der Waals surface area contributed by atoms with Gasteiger partial charge in [0.1, 0.15) is 11.6 Å². The molecule has 0 saturated heterocycles. The first-order valence-electron chi connectivity index (χ1n) is 9.88. The molecule has 0 saturated carbocycles. The van der Waals surface area contributed by atoms with Gasteiger partial charge in [-0.1, -0.05) is 12.1 Å². The van der Waals surface area contributed by atoms with E-state index in [-0.39, 0.29) is 35.8 Å². The summed E-state index contributed by atoms with van der Waals surface area (Å²) in [5.74, 6) is -0.324. The number of nitrogens with one attached hydrogen (secondary N) is 2. The molecular formula is C23H19FN4O4. The summed E-state index contributed by atoms with van der Waals surface area (Å²) in [7, 11) is 0. The summed E-state index contributed by atoms with van der Waals surface area (Å²) in [4.78, 5) is 43.9. The Morgan fingerprint density at radius 2 is 2.00 bits per heavy atom. The van der Waals surface area contributed by atoms with E-state index < -0.39 is 23.0 Å². The summed E-state index contributed by atoms with van der Waals surface area (Å²) in [6.45, 7) is 2.05. The van der Waals surface area contributed by atoms with Crippen molar-refractivity contribution in [2.24, 2.45) is 0 Å². The topological polar surface area (TPSA) is 106 Å². The number of amides is 1. The van der Waals surface area contributed by atoms with Crippen molar-refractivity contribution in [1.29, 1.82) is 0 Å². The molecule has 0 aliphatic heterocycles. The monoisotopic (exact) mass is 434 g/mol. The van der Waals surface area contributed by atoms with Gasteiger partial charge in [-0.2, -0.15) is 0 Å². The molecule has 0 fully saturated rings. The first-order chi connectivity index (χ1) is 15.5. The molecule has 0 atom stereocenters. The highest BCUT2D eigenvalue weighted by atomic mass is 19.1. The number of rotatable bonds is 6. The molecule has 9 heteroatoms. The lowest BCUT2D eigenvalue weighted by Crippen LogP contribution is -2.34. The molecule has 0 unspecified atom stereocenters. The fourth-order valence-electron chi connectivity index (χ4n) is 3.25. The van der Waals surface area contributed by atoms with E-state index >= 15 is 0 Å². The molecule has 0 bridgehead atoms. The first kappa shape index (κ1) is 21.0. The number of pyridine rings is 1. The van der Waals surface area contributed by atoms with Crippen LogP contribution in [0.15, 0.2) is 70.4 Å². The third-order valence-corrected chi connectivity index (χ3v) is 4.86. The van der Waals surface area contributed by atoms with Crippen molar-refractivity contribution < 1.29 is 13.9 Å². The SMILES string of the molecule is CCn1c(=O)[nH]c2cc(C(=O)NCc3cccnc3Oc3cccc(F)c3)ccc2c1=O. The Balaban J connectivity index is 1.54. The summed E-state index contributed by atoms with van der Waals surface area (Å²) in [5, 5.41) is 3.08. The number of benzene rings is 2. The van der Waals surface area contributed by atoms with Crippen molar-refractivity contribution in [1.82, 2.24) is 19.9 Å². The molecule has 0 radical (unpaired) electrons. The lowest BCUT2D eigenvalue weighted by Gasteiger charge is -2.11. The van der Waals surface area contributed by atoms with E-state index in [4.69, 9.17) is 4.74 Å². The maximum Gasteiger partial charge on any atom is 0.328 e. The number of hydrogen-bond donors (Lipinski definition) is 2. The van der Waals surface area contributed by atoms with Crippen LogP contribution in [0.4, 0.5) is 4.39 Å². The van der Waals surface area contributed by atoms with Crippen LogP contribution in [0, 0.1) is 5.82 Å². The van der Waals surface area contributed by atoms with Gasteiger partial charge in [-0.25, -0.2) is 14.2 Å². The molecule has 0 aliphatic carbocycles. The van der Waals surface area contributed by atoms with Crippen LogP contribution in [0.3, 0.4) is 0 Å². The van der Waals surface area contributed by atoms with Crippen LogP contribution >= 0.6 is 0 Å². The fraction of sp³-hybridized carbons (Fsp3) is 0.130. The van der Waals surface area contributed by atoms with E-state index in [1.54, 1.807) is 25.1 Å². The normalized spacial score (nSPS) is 10.8. The van der Waals surface area contributed by atoms with Crippen LogP contribution < -0.4 is 21.3 Å². The Bertz CT molecular complexity index is 1430. The van der Waals surface area contributed by atoms with E-state index in [0.717, 1.165) is 4.57 Å². The van der Waals surface area contributed by atoms with Crippen molar-refractivity contribution >= 4 is 16.8 Å². The Morgan fingerprint density at radius 1 is 1.16 bits per heavy atom. The van der Waals surface area contributed by atoms with Crippen LogP contribution in [-0.4, -0.2) is 20.4 Å². The van der Waals surface area contributed by atoms with Crippen LogP contribution in [0.5, 0.6) is 11.6 Å². The van der Waals surface area contributed by atoms with Gasteiger partial charge in [-0.3, -0.25) is 14.2 Å². The van der Waals surface area contributed by atoms with Crippen LogP contribution in [0.25, 0.3) is 10.9 Å². The number of carbonyl (C=O) groups is 1. The summed E-state index contributed by atoms with van der Waals surface area (Å²) >= 11 is 0. The van der Waals surface area contributed by atoms with Gasteiger partial charge in [0, 0.05) is 36.5 Å². The molecule has 4 rings (SSSR count). The zero-order chi connectivity index (χ0) is 22.7. The van der Waals surface area contributed by atoms with Crippen molar-refractivity contribution in [3.8, 4) is 11.6 Å². The molecule has 2 aromatic carbocycles. The molecule has 162 valence electrons. The highest BCUT2D eigenvalue weighted by molar-refractivity contribution is 5.97. The number of ether oxygens (including phenoxy) is 1. The molecule has 2 heterocycles. The highest BCUT2D eigenvalue weighted by Gasteiger charge is 2.13. The molecule has 32 heavy (non-hydrogen) atoms. The lowest BCUT2D eigenvalue weighted by atomic mass is 10.1. The number of fused-ring (bicyclic) bond motifs is 1. The molecule has 0 aliphatic rings. The summed E-state index contributed by atoms with van der Waals surface area (Å²) in [5.41, 5.74) is 0.210. The smallest absolute Gasteiger partial charge is 0.328 e. The van der Waals surface area contributed by atoms with E-state index in [9.17, 15) is 18.8 Å². The van der Waals surface area contributed by atoms with E-state index in [0.29, 0.717) is 10.9 Å². The Labute approximate surface area is 181 Å². The van der Waals surface area contributed by atoms with Crippen LogP contribution in [0.1, 0.15) is 22.8 Å². The maximum absolute atomic E-state index is 13.4. The van der Waals surface area contributed by atoms with Gasteiger partial charge in [0.2, 0.25) is 5.88 Å². The first-order valence-corrected chi connectivity index (χ1v) is 9.88.